The van der Waals surface area contributed by atoms with Crippen LogP contribution in [0.25, 0.3) is 0 Å². The van der Waals surface area contributed by atoms with Crippen LogP contribution >= 0.6 is 0 Å². The number of ether oxygens (including phenoxy) is 1. The molecule has 2 N–H and O–H groups in total. The number of hydrazone groups is 1. The van der Waals surface area contributed by atoms with Gasteiger partial charge in [-0.25, -0.2) is 5.43 Å². The molecular formula is C17H15N3O3. The lowest BCUT2D eigenvalue weighted by atomic mass is 10.1. The number of aliphatic hydroxyl groups excluding tert-OH is 1. The van der Waals surface area contributed by atoms with Crippen molar-refractivity contribution in [2.24, 2.45) is 5.10 Å². The fourth-order valence-electron chi connectivity index (χ4n) is 1.84. The highest BCUT2D eigenvalue weighted by molar-refractivity contribution is 5.86. The van der Waals surface area contributed by atoms with Gasteiger partial charge in [0.2, 0.25) is 0 Å². The van der Waals surface area contributed by atoms with Crippen LogP contribution in [0.2, 0.25) is 0 Å². The fraction of sp³-hybridized carbons (Fsp3) is 0.118. The van der Waals surface area contributed by atoms with E-state index < -0.39 is 12.0 Å². The molecule has 2 aromatic rings. The molecule has 0 unspecified atom stereocenters. The summed E-state index contributed by atoms with van der Waals surface area (Å²) in [5.41, 5.74) is 3.37. The number of hydrogen-bond donors (Lipinski definition) is 2. The Balaban J connectivity index is 1.99. The van der Waals surface area contributed by atoms with Crippen LogP contribution in [0.15, 0.2) is 59.7 Å². The number of para-hydroxylation sites is 1. The van der Waals surface area contributed by atoms with Crippen molar-refractivity contribution in [3.63, 3.8) is 0 Å². The normalized spacial score (nSPS) is 11.7. The van der Waals surface area contributed by atoms with Crippen molar-refractivity contribution < 1.29 is 14.6 Å². The summed E-state index contributed by atoms with van der Waals surface area (Å²) >= 11 is 0. The Morgan fingerprint density at radius 1 is 1.26 bits per heavy atom. The highest BCUT2D eigenvalue weighted by atomic mass is 16.5. The number of nitrogens with zero attached hydrogens (tertiary/aromatic N) is 2. The molecular weight excluding hydrogens is 294 g/mol. The zero-order valence-electron chi connectivity index (χ0n) is 12.2. The van der Waals surface area contributed by atoms with E-state index in [0.717, 1.165) is 0 Å². The van der Waals surface area contributed by atoms with Crippen molar-refractivity contribution in [3.8, 4) is 11.8 Å². The summed E-state index contributed by atoms with van der Waals surface area (Å²) in [6.07, 6.45) is 0.0981. The SMILES string of the molecule is N#CCOc1ccccc1/C=N\NC(=O)[C@@H](O)c1ccccc1. The molecule has 6 nitrogen and oxygen atoms in total. The van der Waals surface area contributed by atoms with E-state index in [2.05, 4.69) is 10.5 Å². The Bertz CT molecular complexity index is 723. The third-order valence-corrected chi connectivity index (χ3v) is 2.95. The lowest BCUT2D eigenvalue weighted by Crippen LogP contribution is -2.25. The van der Waals surface area contributed by atoms with Crippen LogP contribution in [-0.4, -0.2) is 23.8 Å². The zero-order valence-corrected chi connectivity index (χ0v) is 12.2. The second-order valence-electron chi connectivity index (χ2n) is 4.53. The maximum absolute atomic E-state index is 11.8. The van der Waals surface area contributed by atoms with Gasteiger partial charge in [0, 0.05) is 5.56 Å². The van der Waals surface area contributed by atoms with Crippen molar-refractivity contribution in [2.75, 3.05) is 6.61 Å². The van der Waals surface area contributed by atoms with Crippen molar-refractivity contribution in [1.82, 2.24) is 5.43 Å². The van der Waals surface area contributed by atoms with E-state index in [0.29, 0.717) is 16.9 Å². The summed E-state index contributed by atoms with van der Waals surface area (Å²) in [7, 11) is 0. The zero-order chi connectivity index (χ0) is 16.5. The fourth-order valence-corrected chi connectivity index (χ4v) is 1.84. The van der Waals surface area contributed by atoms with Gasteiger partial charge >= 0.3 is 0 Å². The summed E-state index contributed by atoms with van der Waals surface area (Å²) < 4.78 is 5.25. The maximum Gasteiger partial charge on any atom is 0.273 e. The van der Waals surface area contributed by atoms with E-state index >= 15 is 0 Å². The van der Waals surface area contributed by atoms with E-state index in [4.69, 9.17) is 10.00 Å². The van der Waals surface area contributed by atoms with Gasteiger partial charge in [0.1, 0.15) is 11.8 Å². The van der Waals surface area contributed by atoms with Crippen LogP contribution in [0.5, 0.6) is 5.75 Å². The van der Waals surface area contributed by atoms with E-state index in [1.807, 2.05) is 6.07 Å². The second-order valence-corrected chi connectivity index (χ2v) is 4.53. The number of carbonyl (C=O) groups excluding carboxylic acids is 1. The van der Waals surface area contributed by atoms with Crippen LogP contribution in [0.3, 0.4) is 0 Å². The standard InChI is InChI=1S/C17H15N3O3/c18-10-11-23-15-9-5-4-8-14(15)12-19-20-17(22)16(21)13-6-2-1-3-7-13/h1-9,12,16,21H,11H2,(H,20,22)/b19-12-/t16-/m0/s1. The predicted octanol–water partition coefficient (Wildman–Crippen LogP) is 1.77. The number of amides is 1. The number of aliphatic hydroxyl groups is 1. The van der Waals surface area contributed by atoms with E-state index in [1.54, 1.807) is 54.6 Å². The van der Waals surface area contributed by atoms with Gasteiger partial charge in [-0.3, -0.25) is 4.79 Å². The smallest absolute Gasteiger partial charge is 0.273 e. The second kappa shape index (κ2) is 8.32. The van der Waals surface area contributed by atoms with Gasteiger partial charge in [-0.05, 0) is 17.7 Å². The summed E-state index contributed by atoms with van der Waals surface area (Å²) in [5, 5.41) is 22.3. The largest absolute Gasteiger partial charge is 0.478 e. The molecule has 116 valence electrons. The molecule has 0 saturated carbocycles. The van der Waals surface area contributed by atoms with Gasteiger partial charge in [0.05, 0.1) is 6.21 Å². The number of nitriles is 1. The number of carbonyl (C=O) groups is 1. The molecule has 2 aromatic carbocycles. The molecule has 0 aromatic heterocycles. The van der Waals surface area contributed by atoms with Crippen LogP contribution < -0.4 is 10.2 Å². The van der Waals surface area contributed by atoms with Gasteiger partial charge in [-0.1, -0.05) is 42.5 Å². The summed E-state index contributed by atoms with van der Waals surface area (Å²) in [6, 6.07) is 17.4. The van der Waals surface area contributed by atoms with Gasteiger partial charge in [-0.2, -0.15) is 10.4 Å². The number of rotatable bonds is 6. The Kier molecular flexibility index (Phi) is 5.86. The first-order valence-electron chi connectivity index (χ1n) is 6.87. The van der Waals surface area contributed by atoms with Gasteiger partial charge < -0.3 is 9.84 Å². The number of hydrogen-bond acceptors (Lipinski definition) is 5. The first-order chi connectivity index (χ1) is 11.2. The van der Waals surface area contributed by atoms with E-state index in [1.165, 1.54) is 6.21 Å². The molecule has 0 spiro atoms. The summed E-state index contributed by atoms with van der Waals surface area (Å²) in [6.45, 7) is -0.0794. The number of benzene rings is 2. The third kappa shape index (κ3) is 4.66. The molecule has 0 saturated heterocycles. The molecule has 0 bridgehead atoms. The molecule has 2 rings (SSSR count). The van der Waals surface area contributed by atoms with Gasteiger partial charge in [-0.15, -0.1) is 0 Å². The molecule has 0 aliphatic carbocycles. The lowest BCUT2D eigenvalue weighted by Gasteiger charge is -2.09. The molecule has 0 fully saturated rings. The van der Waals surface area contributed by atoms with Crippen LogP contribution in [0.4, 0.5) is 0 Å². The van der Waals surface area contributed by atoms with Crippen molar-refractivity contribution >= 4 is 12.1 Å². The Morgan fingerprint density at radius 3 is 2.70 bits per heavy atom. The topological polar surface area (TPSA) is 94.7 Å². The highest BCUT2D eigenvalue weighted by Gasteiger charge is 2.15. The molecule has 0 aliphatic rings. The summed E-state index contributed by atoms with van der Waals surface area (Å²) in [4.78, 5) is 11.8. The van der Waals surface area contributed by atoms with Crippen molar-refractivity contribution in [3.05, 3.63) is 65.7 Å². The molecule has 1 amide bonds. The maximum atomic E-state index is 11.8. The Morgan fingerprint density at radius 2 is 1.96 bits per heavy atom. The average Bonchev–Trinajstić information content (AvgIpc) is 2.61. The van der Waals surface area contributed by atoms with Gasteiger partial charge in [0.15, 0.2) is 12.7 Å². The Labute approximate surface area is 133 Å². The first-order valence-corrected chi connectivity index (χ1v) is 6.87. The van der Waals surface area contributed by atoms with E-state index in [9.17, 15) is 9.90 Å². The van der Waals surface area contributed by atoms with Crippen LogP contribution in [0, 0.1) is 11.3 Å². The molecule has 6 heteroatoms. The monoisotopic (exact) mass is 309 g/mol. The minimum atomic E-state index is -1.29. The molecule has 1 atom stereocenters. The minimum absolute atomic E-state index is 0.0794. The van der Waals surface area contributed by atoms with Crippen LogP contribution in [0.1, 0.15) is 17.2 Å². The predicted molar refractivity (Wildman–Crippen MR) is 84.7 cm³/mol. The average molecular weight is 309 g/mol. The highest BCUT2D eigenvalue weighted by Crippen LogP contribution is 2.15. The molecule has 23 heavy (non-hydrogen) atoms. The minimum Gasteiger partial charge on any atom is -0.478 e. The van der Waals surface area contributed by atoms with Crippen molar-refractivity contribution in [1.29, 1.82) is 5.26 Å². The van der Waals surface area contributed by atoms with Crippen molar-refractivity contribution in [2.45, 2.75) is 6.10 Å². The van der Waals surface area contributed by atoms with Crippen LogP contribution in [-0.2, 0) is 4.79 Å². The lowest BCUT2D eigenvalue weighted by molar-refractivity contribution is -0.129. The third-order valence-electron chi connectivity index (χ3n) is 2.95. The number of nitrogens with one attached hydrogen (secondary N) is 1. The molecule has 0 radical (unpaired) electrons. The molecule has 0 heterocycles. The van der Waals surface area contributed by atoms with E-state index in [-0.39, 0.29) is 6.61 Å². The van der Waals surface area contributed by atoms with Gasteiger partial charge in [0.25, 0.3) is 5.91 Å². The Hall–Kier alpha value is -3.17. The first kappa shape index (κ1) is 16.2. The quantitative estimate of drug-likeness (QED) is 0.628. The molecule has 0 aliphatic heterocycles. The summed E-state index contributed by atoms with van der Waals surface area (Å²) in [5.74, 6) is -0.154.